The second-order valence-electron chi connectivity index (χ2n) is 7.23. The molecule has 148 valence electrons. The topological polar surface area (TPSA) is 96.9 Å². The third-order valence-corrected chi connectivity index (χ3v) is 5.01. The summed E-state index contributed by atoms with van der Waals surface area (Å²) < 4.78 is 5.48. The molecule has 0 fully saturated rings. The van der Waals surface area contributed by atoms with E-state index in [1.807, 2.05) is 24.4 Å². The Morgan fingerprint density at radius 1 is 1.21 bits per heavy atom. The first-order valence-electron chi connectivity index (χ1n) is 9.70. The first-order chi connectivity index (χ1) is 14.1. The molecule has 0 bridgehead atoms. The first kappa shape index (κ1) is 19.0. The molecule has 2 heterocycles. The zero-order valence-corrected chi connectivity index (χ0v) is 16.3. The Bertz CT molecular complexity index is 1110. The molecule has 0 saturated carbocycles. The van der Waals surface area contributed by atoms with E-state index in [0.29, 0.717) is 18.9 Å². The third kappa shape index (κ3) is 4.38. The van der Waals surface area contributed by atoms with E-state index in [1.165, 1.54) is 17.4 Å². The Labute approximate surface area is 169 Å². The number of carbonyl (C=O) groups is 1. The lowest BCUT2D eigenvalue weighted by atomic mass is 10.1. The fraction of sp³-hybridized carbons (Fsp3) is 0.217. The highest BCUT2D eigenvalue weighted by molar-refractivity contribution is 5.91. The SMILES string of the molecule is Cc1ccc(CCNC(=O)c2coc(C(N)Cc3c[nH]c4ccccc34)n2)cc1. The number of H-pyrrole nitrogens is 1. The van der Waals surface area contributed by atoms with Gasteiger partial charge in [0.2, 0.25) is 5.89 Å². The summed E-state index contributed by atoms with van der Waals surface area (Å²) in [6, 6.07) is 15.9. The minimum absolute atomic E-state index is 0.248. The lowest BCUT2D eigenvalue weighted by Crippen LogP contribution is -2.26. The molecular weight excluding hydrogens is 364 g/mol. The van der Waals surface area contributed by atoms with Gasteiger partial charge in [0, 0.05) is 23.6 Å². The fourth-order valence-corrected chi connectivity index (χ4v) is 3.35. The van der Waals surface area contributed by atoms with E-state index in [1.54, 1.807) is 0 Å². The number of aromatic amines is 1. The summed E-state index contributed by atoms with van der Waals surface area (Å²) in [6.45, 7) is 2.59. The van der Waals surface area contributed by atoms with Gasteiger partial charge in [-0.2, -0.15) is 0 Å². The number of nitrogens with zero attached hydrogens (tertiary/aromatic N) is 1. The van der Waals surface area contributed by atoms with Crippen LogP contribution in [0.5, 0.6) is 0 Å². The van der Waals surface area contributed by atoms with E-state index in [-0.39, 0.29) is 11.6 Å². The van der Waals surface area contributed by atoms with Crippen molar-refractivity contribution in [2.24, 2.45) is 5.73 Å². The summed E-state index contributed by atoms with van der Waals surface area (Å²) in [5.74, 6) is 0.102. The molecule has 0 radical (unpaired) electrons. The number of benzene rings is 2. The van der Waals surface area contributed by atoms with Crippen molar-refractivity contribution in [1.82, 2.24) is 15.3 Å². The first-order valence-corrected chi connectivity index (χ1v) is 9.70. The molecule has 2 aromatic carbocycles. The molecule has 0 aliphatic heterocycles. The lowest BCUT2D eigenvalue weighted by molar-refractivity contribution is 0.0949. The van der Waals surface area contributed by atoms with Crippen molar-refractivity contribution in [2.75, 3.05) is 6.54 Å². The van der Waals surface area contributed by atoms with Crippen LogP contribution in [-0.4, -0.2) is 22.4 Å². The van der Waals surface area contributed by atoms with Crippen molar-refractivity contribution in [3.63, 3.8) is 0 Å². The number of aryl methyl sites for hydroxylation is 1. The molecule has 6 nitrogen and oxygen atoms in total. The molecule has 0 spiro atoms. The van der Waals surface area contributed by atoms with Crippen LogP contribution in [0.3, 0.4) is 0 Å². The number of hydrogen-bond donors (Lipinski definition) is 3. The molecule has 1 amide bonds. The predicted octanol–water partition coefficient (Wildman–Crippen LogP) is 3.68. The number of para-hydroxylation sites is 1. The number of carbonyl (C=O) groups excluding carboxylic acids is 1. The Kier molecular flexibility index (Phi) is 5.44. The predicted molar refractivity (Wildman–Crippen MR) is 113 cm³/mol. The average molecular weight is 388 g/mol. The molecule has 4 aromatic rings. The lowest BCUT2D eigenvalue weighted by Gasteiger charge is -2.06. The zero-order chi connectivity index (χ0) is 20.2. The van der Waals surface area contributed by atoms with Crippen molar-refractivity contribution < 1.29 is 9.21 Å². The van der Waals surface area contributed by atoms with Crippen LogP contribution >= 0.6 is 0 Å². The second-order valence-corrected chi connectivity index (χ2v) is 7.23. The van der Waals surface area contributed by atoms with Gasteiger partial charge in [-0.3, -0.25) is 4.79 Å². The maximum Gasteiger partial charge on any atom is 0.273 e. The third-order valence-electron chi connectivity index (χ3n) is 5.01. The van der Waals surface area contributed by atoms with Crippen LogP contribution in [0.15, 0.2) is 65.4 Å². The molecule has 6 heteroatoms. The quantitative estimate of drug-likeness (QED) is 0.450. The maximum atomic E-state index is 12.3. The number of aromatic nitrogens is 2. The van der Waals surface area contributed by atoms with Crippen LogP contribution in [0, 0.1) is 6.92 Å². The smallest absolute Gasteiger partial charge is 0.273 e. The zero-order valence-electron chi connectivity index (χ0n) is 16.3. The molecule has 29 heavy (non-hydrogen) atoms. The number of oxazole rings is 1. The molecule has 0 saturated heterocycles. The molecule has 4 N–H and O–H groups in total. The molecule has 0 aliphatic rings. The van der Waals surface area contributed by atoms with Gasteiger partial charge in [-0.05, 0) is 37.0 Å². The summed E-state index contributed by atoms with van der Waals surface area (Å²) in [7, 11) is 0. The summed E-state index contributed by atoms with van der Waals surface area (Å²) >= 11 is 0. The number of amides is 1. The van der Waals surface area contributed by atoms with Crippen LogP contribution in [0.25, 0.3) is 10.9 Å². The number of nitrogens with one attached hydrogen (secondary N) is 2. The van der Waals surface area contributed by atoms with Gasteiger partial charge in [0.25, 0.3) is 5.91 Å². The van der Waals surface area contributed by atoms with Gasteiger partial charge in [0.05, 0.1) is 6.04 Å². The molecule has 1 unspecified atom stereocenters. The van der Waals surface area contributed by atoms with E-state index in [2.05, 4.69) is 52.5 Å². The van der Waals surface area contributed by atoms with Crippen molar-refractivity contribution in [1.29, 1.82) is 0 Å². The van der Waals surface area contributed by atoms with Crippen LogP contribution in [-0.2, 0) is 12.8 Å². The van der Waals surface area contributed by atoms with E-state index in [4.69, 9.17) is 10.2 Å². The van der Waals surface area contributed by atoms with Gasteiger partial charge in [0.15, 0.2) is 5.69 Å². The summed E-state index contributed by atoms with van der Waals surface area (Å²) in [5, 5.41) is 4.01. The number of rotatable bonds is 7. The van der Waals surface area contributed by atoms with Gasteiger partial charge in [0.1, 0.15) is 6.26 Å². The summed E-state index contributed by atoms with van der Waals surface area (Å²) in [6.07, 6.45) is 4.65. The molecule has 2 aromatic heterocycles. The largest absolute Gasteiger partial charge is 0.446 e. The standard InChI is InChI=1S/C23H24N4O2/c1-15-6-8-16(9-7-15)10-11-25-22(28)21-14-29-23(27-21)19(24)12-17-13-26-20-5-3-2-4-18(17)20/h2-9,13-14,19,26H,10-12,24H2,1H3,(H,25,28). The number of hydrogen-bond acceptors (Lipinski definition) is 4. The van der Waals surface area contributed by atoms with Crippen LogP contribution in [0.2, 0.25) is 0 Å². The number of fused-ring (bicyclic) bond motifs is 1. The van der Waals surface area contributed by atoms with Gasteiger partial charge in [-0.25, -0.2) is 4.98 Å². The van der Waals surface area contributed by atoms with E-state index < -0.39 is 6.04 Å². The van der Waals surface area contributed by atoms with E-state index in [9.17, 15) is 4.79 Å². The van der Waals surface area contributed by atoms with Crippen LogP contribution < -0.4 is 11.1 Å². The van der Waals surface area contributed by atoms with Crippen LogP contribution in [0.1, 0.15) is 39.1 Å². The summed E-state index contributed by atoms with van der Waals surface area (Å²) in [5.41, 5.74) is 11.1. The van der Waals surface area contributed by atoms with Crippen molar-refractivity contribution >= 4 is 16.8 Å². The normalized spacial score (nSPS) is 12.2. The van der Waals surface area contributed by atoms with E-state index >= 15 is 0 Å². The Hall–Kier alpha value is -3.38. The highest BCUT2D eigenvalue weighted by Gasteiger charge is 2.18. The van der Waals surface area contributed by atoms with Crippen molar-refractivity contribution in [3.8, 4) is 0 Å². The Morgan fingerprint density at radius 3 is 2.83 bits per heavy atom. The molecule has 4 rings (SSSR count). The molecule has 1 atom stereocenters. The second kappa shape index (κ2) is 8.32. The van der Waals surface area contributed by atoms with Gasteiger partial charge < -0.3 is 20.5 Å². The molecule has 0 aliphatic carbocycles. The minimum atomic E-state index is -0.427. The molecular formula is C23H24N4O2. The minimum Gasteiger partial charge on any atom is -0.446 e. The Morgan fingerprint density at radius 2 is 2.00 bits per heavy atom. The van der Waals surface area contributed by atoms with Crippen molar-refractivity contribution in [3.05, 3.63) is 89.3 Å². The van der Waals surface area contributed by atoms with Gasteiger partial charge in [-0.15, -0.1) is 0 Å². The fourth-order valence-electron chi connectivity index (χ4n) is 3.35. The monoisotopic (exact) mass is 388 g/mol. The maximum absolute atomic E-state index is 12.3. The summed E-state index contributed by atoms with van der Waals surface area (Å²) in [4.78, 5) is 19.9. The van der Waals surface area contributed by atoms with Gasteiger partial charge in [-0.1, -0.05) is 48.0 Å². The Balaban J connectivity index is 1.34. The highest BCUT2D eigenvalue weighted by atomic mass is 16.3. The number of nitrogens with two attached hydrogens (primary N) is 1. The van der Waals surface area contributed by atoms with E-state index in [0.717, 1.165) is 22.9 Å². The van der Waals surface area contributed by atoms with Crippen LogP contribution in [0.4, 0.5) is 0 Å². The highest BCUT2D eigenvalue weighted by Crippen LogP contribution is 2.23. The van der Waals surface area contributed by atoms with Crippen molar-refractivity contribution in [2.45, 2.75) is 25.8 Å². The van der Waals surface area contributed by atoms with Gasteiger partial charge >= 0.3 is 0 Å². The average Bonchev–Trinajstić information content (AvgIpc) is 3.37.